The average Bonchev–Trinajstić information content (AvgIpc) is 2.87. The number of halogens is 2. The molecule has 0 aromatic heterocycles. The number of aliphatic hydroxyl groups is 1. The van der Waals surface area contributed by atoms with Crippen LogP contribution in [0.4, 0.5) is 13.6 Å². The monoisotopic (exact) mass is 491 g/mol. The minimum absolute atomic E-state index is 0.106. The van der Waals surface area contributed by atoms with Crippen LogP contribution in [0.25, 0.3) is 0 Å². The summed E-state index contributed by atoms with van der Waals surface area (Å²) in [5, 5.41) is 14.6. The first-order chi connectivity index (χ1) is 16.7. The van der Waals surface area contributed by atoms with E-state index in [9.17, 15) is 28.3 Å². The predicted molar refractivity (Wildman–Crippen MR) is 126 cm³/mol. The van der Waals surface area contributed by atoms with Crippen molar-refractivity contribution in [3.63, 3.8) is 0 Å². The highest BCUT2D eigenvalue weighted by atomic mass is 19.3. The van der Waals surface area contributed by atoms with Crippen molar-refractivity contribution >= 4 is 17.9 Å². The van der Waals surface area contributed by atoms with Gasteiger partial charge in [0.25, 0.3) is 5.91 Å². The molecule has 0 spiro atoms. The Bertz CT molecular complexity index is 956. The van der Waals surface area contributed by atoms with Gasteiger partial charge in [0.2, 0.25) is 5.91 Å². The number of benzene rings is 2. The zero-order chi connectivity index (χ0) is 25.8. The van der Waals surface area contributed by atoms with Gasteiger partial charge in [-0.3, -0.25) is 9.59 Å². The Hall–Kier alpha value is -3.53. The van der Waals surface area contributed by atoms with Crippen LogP contribution in [0.5, 0.6) is 0 Å². The van der Waals surface area contributed by atoms with Crippen molar-refractivity contribution in [2.45, 2.75) is 44.9 Å². The fourth-order valence-electron chi connectivity index (χ4n) is 3.37. The zero-order valence-electron chi connectivity index (χ0n) is 19.7. The van der Waals surface area contributed by atoms with Gasteiger partial charge in [-0.2, -0.15) is 8.78 Å². The molecule has 190 valence electrons. The molecule has 3 amide bonds. The van der Waals surface area contributed by atoms with Crippen molar-refractivity contribution in [3.8, 4) is 0 Å². The van der Waals surface area contributed by atoms with Crippen LogP contribution in [0.1, 0.15) is 25.0 Å². The Morgan fingerprint density at radius 3 is 2.06 bits per heavy atom. The number of ether oxygens (including phenoxy) is 1. The Kier molecular flexibility index (Phi) is 10.6. The third kappa shape index (κ3) is 8.32. The first-order valence-corrected chi connectivity index (χ1v) is 11.3. The number of nitrogens with zero attached hydrogens (tertiary/aromatic N) is 1. The van der Waals surface area contributed by atoms with E-state index in [-0.39, 0.29) is 13.0 Å². The summed E-state index contributed by atoms with van der Waals surface area (Å²) in [4.78, 5) is 38.0. The lowest BCUT2D eigenvalue weighted by molar-refractivity contribution is -0.167. The molecule has 0 saturated heterocycles. The summed E-state index contributed by atoms with van der Waals surface area (Å²) < 4.78 is 34.9. The van der Waals surface area contributed by atoms with E-state index in [4.69, 9.17) is 4.74 Å². The molecule has 10 heteroatoms. The van der Waals surface area contributed by atoms with E-state index in [0.717, 1.165) is 0 Å². The minimum Gasteiger partial charge on any atom is -0.445 e. The molecule has 0 heterocycles. The number of hydrogen-bond acceptors (Lipinski definition) is 5. The minimum atomic E-state index is -4.30. The van der Waals surface area contributed by atoms with Gasteiger partial charge in [-0.05, 0) is 31.4 Å². The largest absolute Gasteiger partial charge is 0.445 e. The summed E-state index contributed by atoms with van der Waals surface area (Å²) in [6.45, 7) is 3.41. The number of rotatable bonds is 12. The number of nitrogens with one attached hydrogen (secondary N) is 2. The summed E-state index contributed by atoms with van der Waals surface area (Å²) in [7, 11) is 0. The first kappa shape index (κ1) is 27.7. The van der Waals surface area contributed by atoms with Crippen LogP contribution in [-0.2, 0) is 27.4 Å². The molecule has 2 aromatic rings. The number of carbonyl (C=O) groups is 3. The zero-order valence-corrected chi connectivity index (χ0v) is 19.7. The second kappa shape index (κ2) is 13.4. The first-order valence-electron chi connectivity index (χ1n) is 11.3. The lowest BCUT2D eigenvalue weighted by Gasteiger charge is -2.29. The summed E-state index contributed by atoms with van der Waals surface area (Å²) >= 11 is 0. The molecular formula is C25H31F2N3O5. The van der Waals surface area contributed by atoms with Crippen molar-refractivity contribution < 1.29 is 33.0 Å². The molecule has 35 heavy (non-hydrogen) atoms. The van der Waals surface area contributed by atoms with Crippen molar-refractivity contribution in [2.75, 3.05) is 19.6 Å². The molecular weight excluding hydrogens is 460 g/mol. The van der Waals surface area contributed by atoms with E-state index in [1.165, 1.54) is 4.90 Å². The van der Waals surface area contributed by atoms with Gasteiger partial charge >= 0.3 is 12.0 Å². The predicted octanol–water partition coefficient (Wildman–Crippen LogP) is 2.50. The summed E-state index contributed by atoms with van der Waals surface area (Å²) in [6, 6.07) is 15.5. The highest BCUT2D eigenvalue weighted by Gasteiger charge is 2.50. The highest BCUT2D eigenvalue weighted by Crippen LogP contribution is 2.24. The summed E-state index contributed by atoms with van der Waals surface area (Å²) in [5.74, 6) is -6.64. The molecule has 0 saturated carbocycles. The van der Waals surface area contributed by atoms with Gasteiger partial charge < -0.3 is 25.4 Å². The van der Waals surface area contributed by atoms with E-state index < -0.39 is 42.5 Å². The van der Waals surface area contributed by atoms with E-state index in [2.05, 4.69) is 5.32 Å². The van der Waals surface area contributed by atoms with Crippen molar-refractivity contribution in [3.05, 3.63) is 71.8 Å². The number of amides is 3. The fraction of sp³-hybridized carbons (Fsp3) is 0.400. The molecule has 0 fully saturated rings. The quantitative estimate of drug-likeness (QED) is 0.423. The maximum absolute atomic E-state index is 14.9. The van der Waals surface area contributed by atoms with Crippen molar-refractivity contribution in [1.29, 1.82) is 0 Å². The SMILES string of the molecule is CCN(CC)C(=O)CNC(=O)C(F)(F)C(O)[C@H](Cc1ccccc1)NC(=O)OCc1ccccc1. The number of carbonyl (C=O) groups excluding carboxylic acids is 3. The second-order valence-electron chi connectivity index (χ2n) is 7.82. The third-order valence-electron chi connectivity index (χ3n) is 5.39. The molecule has 2 aromatic carbocycles. The molecule has 3 N–H and O–H groups in total. The molecule has 8 nitrogen and oxygen atoms in total. The highest BCUT2D eigenvalue weighted by molar-refractivity contribution is 5.89. The van der Waals surface area contributed by atoms with Gasteiger partial charge in [0, 0.05) is 13.1 Å². The van der Waals surface area contributed by atoms with Gasteiger partial charge in [-0.15, -0.1) is 0 Å². The summed E-state index contributed by atoms with van der Waals surface area (Å²) in [6.07, 6.45) is -3.80. The van der Waals surface area contributed by atoms with E-state index >= 15 is 0 Å². The Morgan fingerprint density at radius 2 is 1.51 bits per heavy atom. The lowest BCUT2D eigenvalue weighted by Crippen LogP contribution is -2.59. The van der Waals surface area contributed by atoms with Gasteiger partial charge in [0.1, 0.15) is 12.7 Å². The molecule has 0 aliphatic carbocycles. The molecule has 2 rings (SSSR count). The topological polar surface area (TPSA) is 108 Å². The van der Waals surface area contributed by atoms with Crippen LogP contribution >= 0.6 is 0 Å². The lowest BCUT2D eigenvalue weighted by atomic mass is 9.96. The van der Waals surface area contributed by atoms with Crippen molar-refractivity contribution in [2.24, 2.45) is 0 Å². The Balaban J connectivity index is 2.10. The average molecular weight is 492 g/mol. The maximum Gasteiger partial charge on any atom is 0.407 e. The van der Waals surface area contributed by atoms with E-state index in [1.54, 1.807) is 74.5 Å². The fourth-order valence-corrected chi connectivity index (χ4v) is 3.37. The Labute approximate surface area is 203 Å². The molecule has 0 bridgehead atoms. The molecule has 2 atom stereocenters. The van der Waals surface area contributed by atoms with Gasteiger partial charge in [0.15, 0.2) is 0 Å². The van der Waals surface area contributed by atoms with Crippen LogP contribution in [-0.4, -0.2) is 65.6 Å². The van der Waals surface area contributed by atoms with Gasteiger partial charge in [0.05, 0.1) is 12.6 Å². The summed E-state index contributed by atoms with van der Waals surface area (Å²) in [5.41, 5.74) is 1.23. The number of aliphatic hydroxyl groups excluding tert-OH is 1. The van der Waals surface area contributed by atoms with Crippen LogP contribution in [0.2, 0.25) is 0 Å². The molecule has 0 aliphatic rings. The normalized spacial score (nSPS) is 12.8. The smallest absolute Gasteiger partial charge is 0.407 e. The second-order valence-corrected chi connectivity index (χ2v) is 7.82. The Morgan fingerprint density at radius 1 is 0.971 bits per heavy atom. The number of alkyl carbamates (subject to hydrolysis) is 1. The van der Waals surface area contributed by atoms with Crippen LogP contribution in [0, 0.1) is 0 Å². The van der Waals surface area contributed by atoms with Gasteiger partial charge in [-0.25, -0.2) is 4.79 Å². The van der Waals surface area contributed by atoms with Crippen LogP contribution in [0.15, 0.2) is 60.7 Å². The van der Waals surface area contributed by atoms with Crippen LogP contribution in [0.3, 0.4) is 0 Å². The number of hydrogen-bond donors (Lipinski definition) is 3. The molecule has 1 unspecified atom stereocenters. The number of alkyl halides is 2. The van der Waals surface area contributed by atoms with Crippen molar-refractivity contribution in [1.82, 2.24) is 15.5 Å². The van der Waals surface area contributed by atoms with E-state index in [1.807, 2.05) is 5.32 Å². The number of likely N-dealkylation sites (N-methyl/N-ethyl adjacent to an activating group) is 1. The molecule has 0 radical (unpaired) electrons. The van der Waals surface area contributed by atoms with Gasteiger partial charge in [-0.1, -0.05) is 60.7 Å². The van der Waals surface area contributed by atoms with E-state index in [0.29, 0.717) is 24.2 Å². The maximum atomic E-state index is 14.9. The third-order valence-corrected chi connectivity index (χ3v) is 5.39. The molecule has 0 aliphatic heterocycles. The van der Waals surface area contributed by atoms with Crippen LogP contribution < -0.4 is 10.6 Å². The standard InChI is InChI=1S/C25H31F2N3O5/c1-3-30(4-2)21(31)16-28-23(33)25(26,27)22(32)20(15-18-11-7-5-8-12-18)29-24(34)35-17-19-13-9-6-10-14-19/h5-14,20,22,32H,3-4,15-17H2,1-2H3,(H,28,33)(H,29,34)/t20-,22?/m0/s1.